The highest BCUT2D eigenvalue weighted by atomic mass is 15.2. The van der Waals surface area contributed by atoms with Gasteiger partial charge in [-0.3, -0.25) is 0 Å². The van der Waals surface area contributed by atoms with Crippen molar-refractivity contribution >= 4 is 23.7 Å². The fraction of sp³-hybridized carbons (Fsp3) is 0.455. The van der Waals surface area contributed by atoms with E-state index in [2.05, 4.69) is 26.5 Å². The smallest absolute Gasteiger partial charge is 0.181 e. The third-order valence-electron chi connectivity index (χ3n) is 2.43. The predicted octanol–water partition coefficient (Wildman–Crippen LogP) is 1.31. The standard InChI is InChI=1S/C11H15N5/c1-7(2)4-5-8-15-10-9(13-6-14-10)11(3,12)16-8/h6H,1,4-5,12H2,2-3H3. The van der Waals surface area contributed by atoms with Crippen molar-refractivity contribution in [3.05, 3.63) is 12.2 Å². The molecule has 2 heterocycles. The van der Waals surface area contributed by atoms with Gasteiger partial charge >= 0.3 is 0 Å². The van der Waals surface area contributed by atoms with Gasteiger partial charge in [-0.25, -0.2) is 20.0 Å². The lowest BCUT2D eigenvalue weighted by atomic mass is 10.0. The summed E-state index contributed by atoms with van der Waals surface area (Å²) in [6, 6.07) is 0. The number of allylic oxidation sites excluding steroid dienone is 1. The van der Waals surface area contributed by atoms with Crippen LogP contribution in [0.5, 0.6) is 0 Å². The van der Waals surface area contributed by atoms with Crippen LogP contribution < -0.4 is 5.73 Å². The lowest BCUT2D eigenvalue weighted by molar-refractivity contribution is 0.661. The van der Waals surface area contributed by atoms with Crippen LogP contribution in [0.1, 0.15) is 26.7 Å². The lowest BCUT2D eigenvalue weighted by Gasteiger charge is -2.24. The molecule has 0 saturated heterocycles. The zero-order valence-corrected chi connectivity index (χ0v) is 9.56. The number of aliphatic imine (C=N–C) groups is 4. The van der Waals surface area contributed by atoms with E-state index in [1.807, 2.05) is 13.8 Å². The van der Waals surface area contributed by atoms with E-state index in [1.165, 1.54) is 6.34 Å². The molecule has 16 heavy (non-hydrogen) atoms. The van der Waals surface area contributed by atoms with Crippen molar-refractivity contribution in [1.29, 1.82) is 0 Å². The molecule has 0 bridgehead atoms. The molecule has 0 spiro atoms. The fourth-order valence-electron chi connectivity index (χ4n) is 1.60. The Hall–Kier alpha value is -1.62. The summed E-state index contributed by atoms with van der Waals surface area (Å²) < 4.78 is 0. The molecule has 1 unspecified atom stereocenters. The Morgan fingerprint density at radius 1 is 1.56 bits per heavy atom. The van der Waals surface area contributed by atoms with Gasteiger partial charge in [0.15, 0.2) is 11.5 Å². The number of hydrogen-bond donors (Lipinski definition) is 1. The van der Waals surface area contributed by atoms with Crippen LogP contribution in [0.25, 0.3) is 0 Å². The highest BCUT2D eigenvalue weighted by Gasteiger charge is 2.34. The van der Waals surface area contributed by atoms with E-state index in [-0.39, 0.29) is 0 Å². The van der Waals surface area contributed by atoms with Crippen molar-refractivity contribution < 1.29 is 0 Å². The van der Waals surface area contributed by atoms with Crippen LogP contribution in [0.4, 0.5) is 0 Å². The molecular weight excluding hydrogens is 202 g/mol. The maximum Gasteiger partial charge on any atom is 0.181 e. The highest BCUT2D eigenvalue weighted by molar-refractivity contribution is 6.51. The summed E-state index contributed by atoms with van der Waals surface area (Å²) in [5, 5.41) is 0. The largest absolute Gasteiger partial charge is 0.302 e. The second-order valence-corrected chi connectivity index (χ2v) is 4.29. The van der Waals surface area contributed by atoms with Crippen molar-refractivity contribution in [3.63, 3.8) is 0 Å². The normalized spacial score (nSPS) is 27.1. The third-order valence-corrected chi connectivity index (χ3v) is 2.43. The number of amidine groups is 2. The number of nitrogens with zero attached hydrogens (tertiary/aromatic N) is 4. The van der Waals surface area contributed by atoms with Crippen LogP contribution in [0, 0.1) is 0 Å². The van der Waals surface area contributed by atoms with Gasteiger partial charge in [-0.15, -0.1) is 6.58 Å². The van der Waals surface area contributed by atoms with Gasteiger partial charge < -0.3 is 5.73 Å². The quantitative estimate of drug-likeness (QED) is 0.711. The second kappa shape index (κ2) is 3.75. The summed E-state index contributed by atoms with van der Waals surface area (Å²) in [5.74, 6) is 1.32. The average Bonchev–Trinajstić information content (AvgIpc) is 2.62. The summed E-state index contributed by atoms with van der Waals surface area (Å²) >= 11 is 0. The SMILES string of the molecule is C=C(C)CCC1=NC(C)(N)C2=NC=NC2=N1. The van der Waals surface area contributed by atoms with Crippen LogP contribution in [0.3, 0.4) is 0 Å². The molecule has 0 amide bonds. The first kappa shape index (κ1) is 10.9. The van der Waals surface area contributed by atoms with Gasteiger partial charge in [-0.2, -0.15) is 0 Å². The van der Waals surface area contributed by atoms with E-state index in [9.17, 15) is 0 Å². The Labute approximate surface area is 94.6 Å². The number of nitrogens with two attached hydrogens (primary N) is 1. The summed E-state index contributed by atoms with van der Waals surface area (Å²) in [6.45, 7) is 7.65. The van der Waals surface area contributed by atoms with E-state index in [0.717, 1.165) is 24.3 Å². The van der Waals surface area contributed by atoms with Gasteiger partial charge in [-0.1, -0.05) is 5.57 Å². The average molecular weight is 217 g/mol. The molecule has 0 saturated carbocycles. The number of rotatable bonds is 3. The van der Waals surface area contributed by atoms with Gasteiger partial charge in [0.2, 0.25) is 0 Å². The van der Waals surface area contributed by atoms with Crippen LogP contribution >= 0.6 is 0 Å². The van der Waals surface area contributed by atoms with E-state index < -0.39 is 5.66 Å². The first-order valence-corrected chi connectivity index (χ1v) is 5.21. The minimum atomic E-state index is -0.808. The van der Waals surface area contributed by atoms with E-state index in [1.54, 1.807) is 0 Å². The van der Waals surface area contributed by atoms with Crippen molar-refractivity contribution in [2.45, 2.75) is 32.4 Å². The zero-order valence-electron chi connectivity index (χ0n) is 9.56. The van der Waals surface area contributed by atoms with Gasteiger partial charge in [0.05, 0.1) is 0 Å². The first-order valence-electron chi connectivity index (χ1n) is 5.21. The Morgan fingerprint density at radius 3 is 3.00 bits per heavy atom. The van der Waals surface area contributed by atoms with Gasteiger partial charge in [-0.05, 0) is 20.3 Å². The molecule has 5 nitrogen and oxygen atoms in total. The molecule has 5 heteroatoms. The Balaban J connectivity index is 2.22. The molecule has 2 aliphatic heterocycles. The third kappa shape index (κ3) is 1.99. The van der Waals surface area contributed by atoms with Crippen molar-refractivity contribution in [3.8, 4) is 0 Å². The molecule has 0 aliphatic carbocycles. The summed E-state index contributed by atoms with van der Waals surface area (Å²) in [7, 11) is 0. The monoisotopic (exact) mass is 217 g/mol. The molecule has 0 fully saturated rings. The van der Waals surface area contributed by atoms with Crippen LogP contribution in [-0.2, 0) is 0 Å². The predicted molar refractivity (Wildman–Crippen MR) is 67.4 cm³/mol. The number of hydrogen-bond acceptors (Lipinski definition) is 5. The molecule has 1 atom stereocenters. The maximum atomic E-state index is 6.06. The summed E-state index contributed by atoms with van der Waals surface area (Å²) in [4.78, 5) is 16.9. The van der Waals surface area contributed by atoms with Gasteiger partial charge in [0, 0.05) is 6.42 Å². The Morgan fingerprint density at radius 2 is 2.31 bits per heavy atom. The highest BCUT2D eigenvalue weighted by Crippen LogP contribution is 2.18. The minimum absolute atomic E-state index is 0.594. The molecule has 0 aromatic heterocycles. The van der Waals surface area contributed by atoms with Crippen LogP contribution in [0.15, 0.2) is 32.1 Å². The second-order valence-electron chi connectivity index (χ2n) is 4.29. The molecule has 2 N–H and O–H groups in total. The molecular formula is C11H15N5. The van der Waals surface area contributed by atoms with E-state index >= 15 is 0 Å². The summed E-state index contributed by atoms with van der Waals surface area (Å²) in [6.07, 6.45) is 3.08. The van der Waals surface area contributed by atoms with E-state index in [4.69, 9.17) is 5.73 Å². The molecule has 0 aromatic rings. The van der Waals surface area contributed by atoms with Crippen LogP contribution in [-0.4, -0.2) is 29.4 Å². The lowest BCUT2D eigenvalue weighted by Crippen LogP contribution is -2.48. The summed E-state index contributed by atoms with van der Waals surface area (Å²) in [5.41, 5.74) is 7.00. The molecule has 0 radical (unpaired) electrons. The van der Waals surface area contributed by atoms with Gasteiger partial charge in [0.1, 0.15) is 17.9 Å². The number of fused-ring (bicyclic) bond motifs is 1. The van der Waals surface area contributed by atoms with Crippen molar-refractivity contribution in [2.24, 2.45) is 25.7 Å². The Bertz CT molecular complexity index is 451. The Kier molecular flexibility index (Phi) is 2.55. The molecule has 84 valence electrons. The van der Waals surface area contributed by atoms with Crippen LogP contribution in [0.2, 0.25) is 0 Å². The molecule has 0 aromatic carbocycles. The topological polar surface area (TPSA) is 75.5 Å². The molecule has 2 aliphatic rings. The van der Waals surface area contributed by atoms with E-state index in [0.29, 0.717) is 11.5 Å². The van der Waals surface area contributed by atoms with Crippen molar-refractivity contribution in [1.82, 2.24) is 0 Å². The van der Waals surface area contributed by atoms with Gasteiger partial charge in [0.25, 0.3) is 0 Å². The molecule has 2 rings (SSSR count). The van der Waals surface area contributed by atoms with Crippen molar-refractivity contribution in [2.75, 3.05) is 0 Å². The minimum Gasteiger partial charge on any atom is -0.302 e. The first-order chi connectivity index (χ1) is 7.49. The fourth-order valence-corrected chi connectivity index (χ4v) is 1.60. The zero-order chi connectivity index (χ0) is 11.8. The maximum absolute atomic E-state index is 6.06.